The van der Waals surface area contributed by atoms with E-state index in [1.165, 1.54) is 58.0 Å². The van der Waals surface area contributed by atoms with Gasteiger partial charge in [-0.05, 0) is 76.3 Å². The minimum absolute atomic E-state index is 0. The molecule has 4 fully saturated rings. The fraction of sp³-hybridized carbons (Fsp3) is 0.947. The van der Waals surface area contributed by atoms with Gasteiger partial charge in [0.25, 0.3) is 0 Å². The van der Waals surface area contributed by atoms with E-state index in [2.05, 4.69) is 9.80 Å². The summed E-state index contributed by atoms with van der Waals surface area (Å²) in [6.45, 7) is 4.59. The third kappa shape index (κ3) is 4.45. The van der Waals surface area contributed by atoms with Crippen LogP contribution in [0.1, 0.15) is 57.8 Å². The van der Waals surface area contributed by atoms with Crippen LogP contribution >= 0.6 is 24.8 Å². The van der Waals surface area contributed by atoms with Crippen LogP contribution in [0.25, 0.3) is 0 Å². The van der Waals surface area contributed by atoms with Crippen molar-refractivity contribution in [2.24, 2.45) is 23.5 Å². The summed E-state index contributed by atoms with van der Waals surface area (Å²) >= 11 is 0. The summed E-state index contributed by atoms with van der Waals surface area (Å²) in [5.41, 5.74) is 6.40. The van der Waals surface area contributed by atoms with E-state index >= 15 is 0 Å². The molecular formula is C19H35Cl2N3O. The number of rotatable bonds is 3. The molecule has 3 unspecified atom stereocenters. The number of nitrogens with zero attached hydrogens (tertiary/aromatic N) is 2. The highest BCUT2D eigenvalue weighted by atomic mass is 35.5. The average Bonchev–Trinajstić information content (AvgIpc) is 3.18. The third-order valence-electron chi connectivity index (χ3n) is 7.09. The van der Waals surface area contributed by atoms with Crippen molar-refractivity contribution in [1.82, 2.24) is 9.80 Å². The number of carbonyl (C=O) groups excluding carboxylic acids is 1. The summed E-state index contributed by atoms with van der Waals surface area (Å²) in [4.78, 5) is 18.0. The number of hydrogen-bond donors (Lipinski definition) is 1. The summed E-state index contributed by atoms with van der Waals surface area (Å²) in [6, 6.07) is 0.850. The second-order valence-corrected chi connectivity index (χ2v) is 8.53. The molecule has 4 nitrogen and oxygen atoms in total. The van der Waals surface area contributed by atoms with Crippen LogP contribution in [-0.2, 0) is 4.79 Å². The second kappa shape index (κ2) is 9.25. The van der Waals surface area contributed by atoms with Gasteiger partial charge in [0, 0.05) is 31.1 Å². The van der Waals surface area contributed by atoms with E-state index in [0.29, 0.717) is 29.8 Å². The summed E-state index contributed by atoms with van der Waals surface area (Å²) in [5, 5.41) is 0. The van der Waals surface area contributed by atoms with Crippen molar-refractivity contribution < 1.29 is 4.79 Å². The predicted octanol–water partition coefficient (Wildman–Crippen LogP) is 3.07. The molecule has 0 aromatic carbocycles. The van der Waals surface area contributed by atoms with Crippen LogP contribution in [0.4, 0.5) is 0 Å². The molecule has 0 spiro atoms. The maximum atomic E-state index is 13.2. The van der Waals surface area contributed by atoms with Crippen molar-refractivity contribution in [2.75, 3.05) is 26.2 Å². The fourth-order valence-corrected chi connectivity index (χ4v) is 5.80. The molecule has 4 rings (SSSR count). The lowest BCUT2D eigenvalue weighted by molar-refractivity contribution is -0.139. The number of nitrogens with two attached hydrogens (primary N) is 1. The molecular weight excluding hydrogens is 357 g/mol. The molecule has 2 aliphatic heterocycles. The average molecular weight is 392 g/mol. The molecule has 2 aliphatic carbocycles. The second-order valence-electron chi connectivity index (χ2n) is 8.53. The SMILES string of the molecule is Cl.Cl.NC1C2CCCC1CC(C(=O)N1CCCC1CN1CCCC1)C2. The number of fused-ring (bicyclic) bond motifs is 2. The van der Waals surface area contributed by atoms with E-state index in [1.807, 2.05) is 0 Å². The molecule has 2 saturated heterocycles. The van der Waals surface area contributed by atoms with Crippen molar-refractivity contribution >= 4 is 30.7 Å². The lowest BCUT2D eigenvalue weighted by atomic mass is 9.65. The molecule has 3 atom stereocenters. The molecule has 6 heteroatoms. The third-order valence-corrected chi connectivity index (χ3v) is 7.09. The number of likely N-dealkylation sites (tertiary alicyclic amines) is 2. The summed E-state index contributed by atoms with van der Waals surface area (Å²) in [5.74, 6) is 1.95. The van der Waals surface area contributed by atoms with Gasteiger partial charge in [-0.25, -0.2) is 0 Å². The molecule has 0 aromatic heterocycles. The van der Waals surface area contributed by atoms with Crippen LogP contribution < -0.4 is 5.73 Å². The first kappa shape index (κ1) is 21.3. The highest BCUT2D eigenvalue weighted by Crippen LogP contribution is 2.43. The Morgan fingerprint density at radius 2 is 1.52 bits per heavy atom. The Hall–Kier alpha value is -0.0300. The van der Waals surface area contributed by atoms with Crippen LogP contribution in [0.5, 0.6) is 0 Å². The summed E-state index contributed by atoms with van der Waals surface area (Å²) in [7, 11) is 0. The van der Waals surface area contributed by atoms with E-state index in [0.717, 1.165) is 25.9 Å². The standard InChI is InChI=1S/C19H33N3O.2ClH/c20-18-14-5-3-6-15(18)12-16(11-14)19(23)22-10-4-7-17(22)13-21-8-1-2-9-21;;/h14-18H,1-13,20H2;2*1H. The lowest BCUT2D eigenvalue weighted by Crippen LogP contribution is -2.51. The van der Waals surface area contributed by atoms with Gasteiger partial charge in [0.05, 0.1) is 0 Å². The Kier molecular flexibility index (Phi) is 7.87. The fourth-order valence-electron chi connectivity index (χ4n) is 5.80. The van der Waals surface area contributed by atoms with Crippen LogP contribution in [-0.4, -0.2) is 54.0 Å². The Bertz CT molecular complexity index is 430. The molecule has 2 bridgehead atoms. The normalized spacial score (nSPS) is 38.1. The first-order chi connectivity index (χ1) is 11.2. The smallest absolute Gasteiger partial charge is 0.225 e. The summed E-state index contributed by atoms with van der Waals surface area (Å²) in [6.07, 6.45) is 11.0. The Labute approximate surface area is 165 Å². The predicted molar refractivity (Wildman–Crippen MR) is 106 cm³/mol. The number of amides is 1. The highest BCUT2D eigenvalue weighted by Gasteiger charge is 2.43. The van der Waals surface area contributed by atoms with Gasteiger partial charge in [0.15, 0.2) is 0 Å². The van der Waals surface area contributed by atoms with E-state index < -0.39 is 0 Å². The number of hydrogen-bond acceptors (Lipinski definition) is 3. The van der Waals surface area contributed by atoms with Crippen molar-refractivity contribution in [3.63, 3.8) is 0 Å². The van der Waals surface area contributed by atoms with Crippen LogP contribution in [0.3, 0.4) is 0 Å². The molecule has 1 amide bonds. The molecule has 25 heavy (non-hydrogen) atoms. The Balaban J connectivity index is 0.00000113. The lowest BCUT2D eigenvalue weighted by Gasteiger charge is -2.44. The Morgan fingerprint density at radius 1 is 0.880 bits per heavy atom. The topological polar surface area (TPSA) is 49.6 Å². The van der Waals surface area contributed by atoms with E-state index in [1.54, 1.807) is 0 Å². The van der Waals surface area contributed by atoms with Gasteiger partial charge in [-0.1, -0.05) is 6.42 Å². The zero-order valence-electron chi connectivity index (χ0n) is 15.3. The molecule has 0 radical (unpaired) electrons. The number of halogens is 2. The largest absolute Gasteiger partial charge is 0.338 e. The minimum Gasteiger partial charge on any atom is -0.338 e. The first-order valence-corrected chi connectivity index (χ1v) is 10.0. The molecule has 2 saturated carbocycles. The maximum absolute atomic E-state index is 13.2. The van der Waals surface area contributed by atoms with Gasteiger partial charge in [0.1, 0.15) is 0 Å². The van der Waals surface area contributed by atoms with Crippen molar-refractivity contribution in [3.8, 4) is 0 Å². The van der Waals surface area contributed by atoms with Crippen molar-refractivity contribution in [1.29, 1.82) is 0 Å². The van der Waals surface area contributed by atoms with Crippen molar-refractivity contribution in [2.45, 2.75) is 69.9 Å². The monoisotopic (exact) mass is 391 g/mol. The van der Waals surface area contributed by atoms with E-state index in [-0.39, 0.29) is 30.7 Å². The van der Waals surface area contributed by atoms with Crippen LogP contribution in [0, 0.1) is 17.8 Å². The highest BCUT2D eigenvalue weighted by molar-refractivity contribution is 5.85. The summed E-state index contributed by atoms with van der Waals surface area (Å²) < 4.78 is 0. The molecule has 2 N–H and O–H groups in total. The van der Waals surface area contributed by atoms with Crippen molar-refractivity contribution in [3.05, 3.63) is 0 Å². The van der Waals surface area contributed by atoms with E-state index in [4.69, 9.17) is 5.73 Å². The zero-order chi connectivity index (χ0) is 15.8. The van der Waals surface area contributed by atoms with Gasteiger partial charge in [0.2, 0.25) is 5.91 Å². The molecule has 2 heterocycles. The zero-order valence-corrected chi connectivity index (χ0v) is 16.9. The van der Waals surface area contributed by atoms with Crippen LogP contribution in [0.15, 0.2) is 0 Å². The quantitative estimate of drug-likeness (QED) is 0.803. The first-order valence-electron chi connectivity index (χ1n) is 10.0. The van der Waals surface area contributed by atoms with Crippen LogP contribution in [0.2, 0.25) is 0 Å². The minimum atomic E-state index is 0. The molecule has 0 aromatic rings. The van der Waals surface area contributed by atoms with Gasteiger partial charge in [-0.3, -0.25) is 4.79 Å². The van der Waals surface area contributed by atoms with E-state index in [9.17, 15) is 4.79 Å². The van der Waals surface area contributed by atoms with Gasteiger partial charge in [-0.15, -0.1) is 24.8 Å². The number of carbonyl (C=O) groups is 1. The Morgan fingerprint density at radius 3 is 2.16 bits per heavy atom. The van der Waals surface area contributed by atoms with Gasteiger partial charge in [-0.2, -0.15) is 0 Å². The van der Waals surface area contributed by atoms with Gasteiger partial charge < -0.3 is 15.5 Å². The molecule has 4 aliphatic rings. The molecule has 146 valence electrons. The maximum Gasteiger partial charge on any atom is 0.225 e. The van der Waals surface area contributed by atoms with Gasteiger partial charge >= 0.3 is 0 Å².